The molecule has 0 unspecified atom stereocenters. The average molecular weight is 410 g/mol. The molecule has 0 aliphatic rings. The van der Waals surface area contributed by atoms with Crippen molar-refractivity contribution in [1.29, 1.82) is 1.12 Å². The summed E-state index contributed by atoms with van der Waals surface area (Å²) in [5.74, 6) is 0. The maximum Gasteiger partial charge on any atom is 0.100 e. The summed E-state index contributed by atoms with van der Waals surface area (Å²) in [6, 6.07) is 0. The van der Waals surface area contributed by atoms with Gasteiger partial charge in [-0.05, 0) is 0 Å². The third-order valence-corrected chi connectivity index (χ3v) is 0.537. The van der Waals surface area contributed by atoms with Crippen LogP contribution in [0.5, 0.6) is 0 Å². The number of rotatable bonds is 2. The molecular weight excluding hydrogens is 395 g/mol. The summed E-state index contributed by atoms with van der Waals surface area (Å²) < 4.78 is 6.63. The van der Waals surface area contributed by atoms with Crippen LogP contribution in [0.25, 0.3) is 0 Å². The minimum atomic E-state index is -0.181. The second-order valence-corrected chi connectivity index (χ2v) is 2.82. The van der Waals surface area contributed by atoms with E-state index in [1.807, 2.05) is 13.8 Å². The average Bonchev–Trinajstić information content (AvgIpc) is 1.68. The summed E-state index contributed by atoms with van der Waals surface area (Å²) in [7, 11) is 0. The summed E-state index contributed by atoms with van der Waals surface area (Å²) in [4.78, 5) is 0. The molecule has 0 heterocycles. The van der Waals surface area contributed by atoms with Gasteiger partial charge in [-0.25, -0.2) is 12.5 Å². The molecule has 0 fully saturated rings. The Morgan fingerprint density at radius 2 is 2.00 bits per heavy atom. The van der Waals surface area contributed by atoms with Crippen molar-refractivity contribution in [3.8, 4) is 0 Å². The quantitative estimate of drug-likeness (QED) is 0.400. The van der Waals surface area contributed by atoms with Crippen LogP contribution in [0.1, 0.15) is 13.8 Å². The van der Waals surface area contributed by atoms with Crippen molar-refractivity contribution in [3.05, 3.63) is 14.0 Å². The fourth-order valence-corrected chi connectivity index (χ4v) is 0. The Labute approximate surface area is 91.4 Å². The molecule has 0 saturated carbocycles. The van der Waals surface area contributed by atoms with Gasteiger partial charge in [-0.2, -0.15) is 0 Å². The molecule has 0 rings (SSSR count). The minimum absolute atomic E-state index is 0. The molecule has 1 nitrogen and oxygen atoms in total. The zero-order valence-electron chi connectivity index (χ0n) is 6.77. The van der Waals surface area contributed by atoms with E-state index in [4.69, 9.17) is 6.86 Å². The summed E-state index contributed by atoms with van der Waals surface area (Å²) in [5, 5.41) is 0. The predicted octanol–water partition coefficient (Wildman–Crippen LogP) is 1.26. The van der Waals surface area contributed by atoms with Crippen LogP contribution in [0.15, 0.2) is 0 Å². The fourth-order valence-electron chi connectivity index (χ4n) is 0. The Kier molecular flexibility index (Phi) is 18.0. The Morgan fingerprint density at radius 1 is 1.67 bits per heavy atom. The van der Waals surface area contributed by atoms with Crippen LogP contribution in [0, 0.1) is 14.0 Å². The molecule has 0 amide bonds. The van der Waals surface area contributed by atoms with Crippen LogP contribution in [0.4, 0.5) is 0 Å². The molecule has 0 atom stereocenters. The Hall–Kier alpha value is 1.60. The number of nitrogens with two attached hydrogens (primary N) is 1. The molecule has 0 bridgehead atoms. The van der Waals surface area contributed by atoms with E-state index >= 15 is 0 Å². The monoisotopic (exact) mass is 411 g/mol. The van der Waals surface area contributed by atoms with Gasteiger partial charge in [-0.1, -0.05) is 13.8 Å². The fraction of sp³-hybridized carbons (Fsp3) is 0.600. The SMILES string of the molecule is [3H]SC(C)(C)[CH-]N.[CH3-].[Re].[Rh]. The van der Waals surface area contributed by atoms with Crippen molar-refractivity contribution < 1.29 is 39.9 Å². The molecule has 2 radical (unpaired) electrons. The summed E-state index contributed by atoms with van der Waals surface area (Å²) in [6.45, 7) is 5.31. The van der Waals surface area contributed by atoms with Gasteiger partial charge in [0, 0.05) is 39.9 Å². The van der Waals surface area contributed by atoms with Gasteiger partial charge in [-0.3, -0.25) is 6.54 Å². The first-order valence-corrected chi connectivity index (χ1v) is 2.23. The molecule has 0 aromatic heterocycles. The number of hydrogen-bond acceptors (Lipinski definition) is 2. The zero-order valence-corrected chi connectivity index (χ0v) is 10.9. The molecule has 4 heteroatoms. The van der Waals surface area contributed by atoms with E-state index in [0.29, 0.717) is 0 Å². The predicted molar refractivity (Wildman–Crippen MR) is 38.0 cm³/mol. The maximum absolute atomic E-state index is 6.81. The number of hydrogen-bond donors (Lipinski definition) is 2. The van der Waals surface area contributed by atoms with E-state index in [-0.39, 0.29) is 52.1 Å². The molecule has 2 N–H and O–H groups in total. The van der Waals surface area contributed by atoms with E-state index in [0.717, 1.165) is 12.5 Å². The van der Waals surface area contributed by atoms with Crippen molar-refractivity contribution in [2.45, 2.75) is 18.6 Å². The first kappa shape index (κ1) is 16.9. The van der Waals surface area contributed by atoms with Gasteiger partial charge in [0.1, 0.15) is 1.12 Å². The summed E-state index contributed by atoms with van der Waals surface area (Å²) in [5.41, 5.74) is 5.15. The third kappa shape index (κ3) is 26.2. The number of thiol groups is 1. The Bertz CT molecular complexity index is 59.6. The van der Waals surface area contributed by atoms with Crippen molar-refractivity contribution in [1.82, 2.24) is 0 Å². The molecule has 0 aromatic rings. The first-order chi connectivity index (χ1) is 3.12. The van der Waals surface area contributed by atoms with Gasteiger partial charge >= 0.3 is 0 Å². The van der Waals surface area contributed by atoms with Gasteiger partial charge in [0.2, 0.25) is 0 Å². The van der Waals surface area contributed by atoms with Crippen molar-refractivity contribution in [3.63, 3.8) is 0 Å². The van der Waals surface area contributed by atoms with Gasteiger partial charge in [0.15, 0.2) is 0 Å². The molecule has 9 heavy (non-hydrogen) atoms. The Balaban J connectivity index is -0.0000000600. The topological polar surface area (TPSA) is 26.0 Å². The second-order valence-electron chi connectivity index (χ2n) is 1.77. The van der Waals surface area contributed by atoms with Crippen molar-refractivity contribution in [2.75, 3.05) is 0 Å². The van der Waals surface area contributed by atoms with Crippen LogP contribution in [0.2, 0.25) is 0 Å². The molecule has 0 spiro atoms. The normalized spacial score (nSPS) is 9.44. The second kappa shape index (κ2) is 9.60. The van der Waals surface area contributed by atoms with E-state index < -0.39 is 0 Å². The molecule has 0 aliphatic heterocycles. The van der Waals surface area contributed by atoms with Crippen LogP contribution < -0.4 is 5.73 Å². The summed E-state index contributed by atoms with van der Waals surface area (Å²) >= 11 is 0.997. The van der Waals surface area contributed by atoms with Gasteiger partial charge < -0.3 is 13.2 Å². The molecule has 0 saturated heterocycles. The Morgan fingerprint density at radius 3 is 2.00 bits per heavy atom. The molecule has 0 aromatic carbocycles. The zero-order chi connectivity index (χ0) is 5.91. The van der Waals surface area contributed by atoms with Crippen molar-refractivity contribution in [2.24, 2.45) is 5.73 Å². The standard InChI is InChI=1S/C4H10NS.CH3.Re.Rh/c1-4(2,6)3-5;;;/h3,6H,5H2,1-2H3;1H3;;/q2*-1;;/i/hT. The van der Waals surface area contributed by atoms with E-state index in [9.17, 15) is 0 Å². The molecule has 62 valence electrons. The van der Waals surface area contributed by atoms with Gasteiger partial charge in [0.05, 0.1) is 0 Å². The van der Waals surface area contributed by atoms with E-state index in [1.165, 1.54) is 6.54 Å². The van der Waals surface area contributed by atoms with E-state index in [2.05, 4.69) is 0 Å². The molecule has 0 aliphatic carbocycles. The van der Waals surface area contributed by atoms with Crippen LogP contribution in [-0.4, -0.2) is 5.87 Å². The first-order valence-electron chi connectivity index (χ1n) is 2.23. The summed E-state index contributed by atoms with van der Waals surface area (Å²) in [6.07, 6.45) is 0. The van der Waals surface area contributed by atoms with Gasteiger partial charge in [-0.15, -0.1) is 4.75 Å². The maximum atomic E-state index is 6.81. The van der Waals surface area contributed by atoms with Crippen LogP contribution in [-0.2, 0) is 39.9 Å². The van der Waals surface area contributed by atoms with Crippen molar-refractivity contribution >= 4 is 12.5 Å². The smallest absolute Gasteiger partial charge is 0.100 e. The van der Waals surface area contributed by atoms with Crippen LogP contribution >= 0.6 is 12.5 Å². The van der Waals surface area contributed by atoms with E-state index in [1.54, 1.807) is 0 Å². The van der Waals surface area contributed by atoms with Gasteiger partial charge in [0.25, 0.3) is 0 Å². The van der Waals surface area contributed by atoms with Crippen LogP contribution in [0.3, 0.4) is 0 Å². The molecular formula is C5H13NReRhS-2. The largest absolute Gasteiger partial charge is 0.482 e. The third-order valence-electron chi connectivity index (χ3n) is 0.401. The minimum Gasteiger partial charge on any atom is -0.482 e.